The van der Waals surface area contributed by atoms with Crippen molar-refractivity contribution in [3.8, 4) is 5.75 Å². The summed E-state index contributed by atoms with van der Waals surface area (Å²) >= 11 is 0. The molecule has 0 aromatic heterocycles. The number of methoxy groups -OCH3 is 1. The topological polar surface area (TPSA) is 120 Å². The number of rotatable bonds is 10. The molecule has 0 aliphatic heterocycles. The molecule has 0 heterocycles. The Morgan fingerprint density at radius 3 is 1.94 bits per heavy atom. The fourth-order valence-corrected chi connectivity index (χ4v) is 2.50. The lowest BCUT2D eigenvalue weighted by Crippen LogP contribution is -2.21. The highest BCUT2D eigenvalue weighted by atomic mass is 16.5. The van der Waals surface area contributed by atoms with Crippen LogP contribution in [0.1, 0.15) is 37.0 Å². The van der Waals surface area contributed by atoms with E-state index in [4.69, 9.17) is 14.2 Å². The Morgan fingerprint density at radius 2 is 1.38 bits per heavy atom. The van der Waals surface area contributed by atoms with E-state index in [1.165, 1.54) is 19.2 Å². The second-order valence-electron chi connectivity index (χ2n) is 7.02. The van der Waals surface area contributed by atoms with Crippen LogP contribution in [-0.4, -0.2) is 43.6 Å². The molecule has 9 nitrogen and oxygen atoms in total. The number of amides is 2. The quantitative estimate of drug-likeness (QED) is 0.542. The zero-order valence-corrected chi connectivity index (χ0v) is 18.2. The molecule has 0 spiro atoms. The van der Waals surface area contributed by atoms with Gasteiger partial charge in [-0.05, 0) is 62.4 Å². The van der Waals surface area contributed by atoms with Crippen LogP contribution in [0.25, 0.3) is 0 Å². The van der Waals surface area contributed by atoms with Gasteiger partial charge in [-0.3, -0.25) is 14.4 Å². The van der Waals surface area contributed by atoms with E-state index in [-0.39, 0.29) is 18.9 Å². The van der Waals surface area contributed by atoms with E-state index in [0.29, 0.717) is 22.7 Å². The Labute approximate surface area is 186 Å². The second-order valence-corrected chi connectivity index (χ2v) is 7.02. The Kier molecular flexibility index (Phi) is 9.22. The number of esters is 2. The summed E-state index contributed by atoms with van der Waals surface area (Å²) in [6, 6.07) is 12.9. The van der Waals surface area contributed by atoms with Crippen LogP contribution in [0.2, 0.25) is 0 Å². The molecular weight excluding hydrogens is 416 g/mol. The molecular formula is C23H26N2O7. The van der Waals surface area contributed by atoms with Crippen molar-refractivity contribution >= 4 is 35.1 Å². The number of hydrogen-bond acceptors (Lipinski definition) is 7. The lowest BCUT2D eigenvalue weighted by atomic mass is 10.2. The van der Waals surface area contributed by atoms with Gasteiger partial charge in [-0.1, -0.05) is 0 Å². The van der Waals surface area contributed by atoms with Gasteiger partial charge in [0.15, 0.2) is 6.61 Å². The van der Waals surface area contributed by atoms with Crippen LogP contribution in [-0.2, 0) is 23.9 Å². The van der Waals surface area contributed by atoms with Gasteiger partial charge in [0.1, 0.15) is 5.75 Å². The maximum atomic E-state index is 12.0. The van der Waals surface area contributed by atoms with Gasteiger partial charge in [-0.15, -0.1) is 0 Å². The molecule has 0 bridgehead atoms. The van der Waals surface area contributed by atoms with Crippen molar-refractivity contribution < 1.29 is 33.4 Å². The Bertz CT molecular complexity index is 938. The van der Waals surface area contributed by atoms with Crippen LogP contribution >= 0.6 is 0 Å². The molecule has 2 N–H and O–H groups in total. The maximum Gasteiger partial charge on any atom is 0.338 e. The van der Waals surface area contributed by atoms with Crippen molar-refractivity contribution in [1.29, 1.82) is 0 Å². The molecule has 9 heteroatoms. The molecule has 32 heavy (non-hydrogen) atoms. The Hall–Kier alpha value is -3.88. The summed E-state index contributed by atoms with van der Waals surface area (Å²) in [5, 5.41) is 5.21. The Balaban J connectivity index is 1.69. The number of hydrogen-bond donors (Lipinski definition) is 2. The van der Waals surface area contributed by atoms with E-state index >= 15 is 0 Å². The van der Waals surface area contributed by atoms with Crippen molar-refractivity contribution in [1.82, 2.24) is 0 Å². The monoisotopic (exact) mass is 442 g/mol. The van der Waals surface area contributed by atoms with Crippen molar-refractivity contribution in [2.45, 2.75) is 32.8 Å². The molecule has 0 saturated carbocycles. The Morgan fingerprint density at radius 1 is 0.812 bits per heavy atom. The van der Waals surface area contributed by atoms with Crippen LogP contribution < -0.4 is 15.4 Å². The second kappa shape index (κ2) is 12.1. The minimum absolute atomic E-state index is 0.115. The third kappa shape index (κ3) is 8.47. The van der Waals surface area contributed by atoms with E-state index in [1.807, 2.05) is 0 Å². The molecule has 0 atom stereocenters. The summed E-state index contributed by atoms with van der Waals surface area (Å²) in [4.78, 5) is 47.5. The molecule has 0 saturated heterocycles. The lowest BCUT2D eigenvalue weighted by Gasteiger charge is -2.09. The molecule has 0 unspecified atom stereocenters. The largest absolute Gasteiger partial charge is 0.497 e. The zero-order chi connectivity index (χ0) is 23.5. The number of carbonyl (C=O) groups excluding carboxylic acids is 4. The van der Waals surface area contributed by atoms with E-state index < -0.39 is 30.4 Å². The number of nitrogens with one attached hydrogen (secondary N) is 2. The minimum Gasteiger partial charge on any atom is -0.497 e. The molecule has 2 rings (SSSR count). The fraction of sp³-hybridized carbons (Fsp3) is 0.304. The first-order valence-electron chi connectivity index (χ1n) is 9.97. The van der Waals surface area contributed by atoms with Crippen LogP contribution in [0, 0.1) is 0 Å². The molecule has 2 aromatic rings. The molecule has 0 aliphatic carbocycles. The molecule has 2 amide bonds. The van der Waals surface area contributed by atoms with E-state index in [1.54, 1.807) is 50.2 Å². The smallest absolute Gasteiger partial charge is 0.338 e. The van der Waals surface area contributed by atoms with Crippen LogP contribution in [0.5, 0.6) is 5.75 Å². The van der Waals surface area contributed by atoms with Crippen molar-refractivity contribution in [3.05, 3.63) is 54.1 Å². The number of carbonyl (C=O) groups is 4. The van der Waals surface area contributed by atoms with Gasteiger partial charge in [-0.2, -0.15) is 0 Å². The first-order valence-corrected chi connectivity index (χ1v) is 9.97. The van der Waals surface area contributed by atoms with E-state index in [2.05, 4.69) is 10.6 Å². The highest BCUT2D eigenvalue weighted by molar-refractivity contribution is 5.95. The van der Waals surface area contributed by atoms with Crippen LogP contribution in [0.4, 0.5) is 11.4 Å². The molecule has 170 valence electrons. The average Bonchev–Trinajstić information content (AvgIpc) is 2.77. The van der Waals surface area contributed by atoms with Crippen LogP contribution in [0.15, 0.2) is 48.5 Å². The zero-order valence-electron chi connectivity index (χ0n) is 18.2. The van der Waals surface area contributed by atoms with Gasteiger partial charge >= 0.3 is 11.9 Å². The molecule has 2 aromatic carbocycles. The van der Waals surface area contributed by atoms with Crippen molar-refractivity contribution in [3.63, 3.8) is 0 Å². The summed E-state index contributed by atoms with van der Waals surface area (Å²) in [5.41, 5.74) is 1.38. The van der Waals surface area contributed by atoms with E-state index in [0.717, 1.165) is 0 Å². The highest BCUT2D eigenvalue weighted by Crippen LogP contribution is 2.15. The summed E-state index contributed by atoms with van der Waals surface area (Å²) in [6.07, 6.45) is -0.522. The molecule has 0 fully saturated rings. The predicted octanol–water partition coefficient (Wildman–Crippen LogP) is 3.16. The van der Waals surface area contributed by atoms with Gasteiger partial charge in [0, 0.05) is 17.8 Å². The first-order chi connectivity index (χ1) is 15.3. The van der Waals surface area contributed by atoms with Crippen molar-refractivity contribution in [2.75, 3.05) is 24.4 Å². The summed E-state index contributed by atoms with van der Waals surface area (Å²) < 4.78 is 15.0. The third-order valence-corrected chi connectivity index (χ3v) is 4.04. The summed E-state index contributed by atoms with van der Waals surface area (Å²) in [7, 11) is 1.54. The normalized spacial score (nSPS) is 10.2. The van der Waals surface area contributed by atoms with Gasteiger partial charge in [-0.25, -0.2) is 4.79 Å². The third-order valence-electron chi connectivity index (χ3n) is 4.04. The van der Waals surface area contributed by atoms with Crippen molar-refractivity contribution in [2.24, 2.45) is 0 Å². The molecule has 0 radical (unpaired) electrons. The number of benzene rings is 2. The highest BCUT2D eigenvalue weighted by Gasteiger charge is 2.12. The minimum atomic E-state index is -0.670. The van der Waals surface area contributed by atoms with Gasteiger partial charge in [0.25, 0.3) is 5.91 Å². The fourth-order valence-electron chi connectivity index (χ4n) is 2.50. The van der Waals surface area contributed by atoms with Crippen LogP contribution in [0.3, 0.4) is 0 Å². The SMILES string of the molecule is COc1ccc(NC(=O)COC(=O)CCC(=O)Nc2ccc(C(=O)OC(C)C)cc2)cc1. The standard InChI is InChI=1S/C23H26N2O7/c1-15(2)32-23(29)16-4-6-17(7-5-16)24-20(26)12-13-22(28)31-14-21(27)25-18-8-10-19(30-3)11-9-18/h4-11,15H,12-14H2,1-3H3,(H,24,26)(H,25,27). The number of anilines is 2. The average molecular weight is 442 g/mol. The lowest BCUT2D eigenvalue weighted by molar-refractivity contribution is -0.147. The van der Waals surface area contributed by atoms with E-state index in [9.17, 15) is 19.2 Å². The summed E-state index contributed by atoms with van der Waals surface area (Å²) in [6.45, 7) is 3.05. The van der Waals surface area contributed by atoms with Gasteiger partial charge in [0.2, 0.25) is 5.91 Å². The maximum absolute atomic E-state index is 12.0. The number of ether oxygens (including phenoxy) is 3. The molecule has 0 aliphatic rings. The first kappa shape index (κ1) is 24.4. The van der Waals surface area contributed by atoms with Gasteiger partial charge < -0.3 is 24.8 Å². The summed E-state index contributed by atoms with van der Waals surface area (Å²) in [5.74, 6) is -1.36. The predicted molar refractivity (Wildman–Crippen MR) is 117 cm³/mol. The van der Waals surface area contributed by atoms with Gasteiger partial charge in [0.05, 0.1) is 25.2 Å².